The van der Waals surface area contributed by atoms with Crippen LogP contribution in [0.2, 0.25) is 0 Å². The fourth-order valence-corrected chi connectivity index (χ4v) is 2.97. The van der Waals surface area contributed by atoms with E-state index in [4.69, 9.17) is 0 Å². The predicted octanol–water partition coefficient (Wildman–Crippen LogP) is 0.463. The van der Waals surface area contributed by atoms with Gasteiger partial charge in [0, 0.05) is 11.8 Å². The Hall–Kier alpha value is -0.690. The Labute approximate surface area is 110 Å². The molecule has 1 heterocycles. The normalized spacial score (nSPS) is 14.6. The summed E-state index contributed by atoms with van der Waals surface area (Å²) in [5, 5.41) is 5.28. The monoisotopic (exact) mass is 275 g/mol. The van der Waals surface area contributed by atoms with Gasteiger partial charge in [0.1, 0.15) is 4.38 Å². The number of nitrogens with one attached hydrogen (secondary N) is 2. The average Bonchev–Trinajstić information content (AvgIpc) is 2.75. The van der Waals surface area contributed by atoms with Crippen molar-refractivity contribution in [3.63, 3.8) is 0 Å². The summed E-state index contributed by atoms with van der Waals surface area (Å²) in [7, 11) is 0. The van der Waals surface area contributed by atoms with E-state index in [1.54, 1.807) is 11.8 Å². The molecule has 0 fully saturated rings. The van der Waals surface area contributed by atoms with E-state index in [0.717, 1.165) is 16.7 Å². The van der Waals surface area contributed by atoms with Crippen LogP contribution in [0, 0.1) is 0 Å². The Morgan fingerprint density at radius 1 is 1.47 bits per heavy atom. The quantitative estimate of drug-likeness (QED) is 0.765. The van der Waals surface area contributed by atoms with Gasteiger partial charge in [-0.1, -0.05) is 23.5 Å². The van der Waals surface area contributed by atoms with Crippen molar-refractivity contribution in [2.24, 2.45) is 4.99 Å². The maximum absolute atomic E-state index is 11.4. The summed E-state index contributed by atoms with van der Waals surface area (Å²) < 4.78 is 0.965. The molecule has 0 aromatic heterocycles. The highest BCUT2D eigenvalue weighted by molar-refractivity contribution is 8.39. The fourth-order valence-electron chi connectivity index (χ4n) is 1.13. The predicted molar refractivity (Wildman–Crippen MR) is 73.5 cm³/mol. The molecule has 0 saturated heterocycles. The minimum Gasteiger partial charge on any atom is -0.352 e. The van der Waals surface area contributed by atoms with Gasteiger partial charge in [0.05, 0.1) is 18.8 Å². The number of rotatable bonds is 5. The van der Waals surface area contributed by atoms with Crippen molar-refractivity contribution < 1.29 is 9.59 Å². The van der Waals surface area contributed by atoms with Crippen molar-refractivity contribution in [2.45, 2.75) is 19.9 Å². The van der Waals surface area contributed by atoms with Crippen LogP contribution in [0.4, 0.5) is 0 Å². The number of thioether (sulfide) groups is 2. The second kappa shape index (κ2) is 7.60. The van der Waals surface area contributed by atoms with Crippen molar-refractivity contribution in [3.8, 4) is 0 Å². The van der Waals surface area contributed by atoms with Crippen molar-refractivity contribution >= 4 is 39.7 Å². The van der Waals surface area contributed by atoms with Crippen LogP contribution in [-0.2, 0) is 9.59 Å². The highest BCUT2D eigenvalue weighted by Gasteiger charge is 2.11. The zero-order valence-electron chi connectivity index (χ0n) is 9.99. The third-order valence-corrected chi connectivity index (χ3v) is 4.03. The second-order valence-electron chi connectivity index (χ2n) is 3.78. The summed E-state index contributed by atoms with van der Waals surface area (Å²) in [6.45, 7) is 4.64. The van der Waals surface area contributed by atoms with E-state index < -0.39 is 0 Å². The Balaban J connectivity index is 2.10. The summed E-state index contributed by atoms with van der Waals surface area (Å²) >= 11 is 3.10. The molecule has 0 radical (unpaired) electrons. The Bertz CT molecular complexity index is 319. The molecule has 7 heteroatoms. The van der Waals surface area contributed by atoms with Crippen molar-refractivity contribution in [3.05, 3.63) is 0 Å². The summed E-state index contributed by atoms with van der Waals surface area (Å²) in [6.07, 6.45) is 0. The summed E-state index contributed by atoms with van der Waals surface area (Å²) in [6, 6.07) is 0.0954. The third-order valence-electron chi connectivity index (χ3n) is 1.78. The van der Waals surface area contributed by atoms with Crippen molar-refractivity contribution in [1.82, 2.24) is 10.6 Å². The van der Waals surface area contributed by atoms with Gasteiger partial charge in [0.2, 0.25) is 11.8 Å². The first-order chi connectivity index (χ1) is 8.08. The molecule has 96 valence electrons. The lowest BCUT2D eigenvalue weighted by atomic mass is 10.4. The van der Waals surface area contributed by atoms with Gasteiger partial charge < -0.3 is 10.6 Å². The SMILES string of the molecule is CC(C)NC(=O)CNC(=O)CSC1=NCCS1. The molecule has 0 aromatic rings. The number of hydrogen-bond donors (Lipinski definition) is 2. The van der Waals surface area contributed by atoms with Crippen LogP contribution >= 0.6 is 23.5 Å². The molecule has 1 rings (SSSR count). The minimum atomic E-state index is -0.161. The summed E-state index contributed by atoms with van der Waals surface area (Å²) in [5.41, 5.74) is 0. The first-order valence-corrected chi connectivity index (χ1v) is 7.41. The molecule has 0 spiro atoms. The lowest BCUT2D eigenvalue weighted by Crippen LogP contribution is -2.40. The molecule has 0 bridgehead atoms. The molecular weight excluding hydrogens is 258 g/mol. The van der Waals surface area contributed by atoms with Crippen LogP contribution in [0.3, 0.4) is 0 Å². The number of carbonyl (C=O) groups excluding carboxylic acids is 2. The zero-order chi connectivity index (χ0) is 12.7. The molecule has 2 amide bonds. The number of nitrogens with zero attached hydrogens (tertiary/aromatic N) is 1. The van der Waals surface area contributed by atoms with Gasteiger partial charge in [-0.05, 0) is 13.8 Å². The highest BCUT2D eigenvalue weighted by atomic mass is 32.2. The molecule has 1 aliphatic rings. The molecular formula is C10H17N3O2S2. The van der Waals surface area contributed by atoms with Gasteiger partial charge in [-0.3, -0.25) is 14.6 Å². The van der Waals surface area contributed by atoms with Gasteiger partial charge in [-0.15, -0.1) is 0 Å². The van der Waals surface area contributed by atoms with E-state index in [1.807, 2.05) is 13.8 Å². The number of carbonyl (C=O) groups is 2. The Morgan fingerprint density at radius 2 is 2.24 bits per heavy atom. The van der Waals surface area contributed by atoms with Gasteiger partial charge in [-0.25, -0.2) is 0 Å². The fraction of sp³-hybridized carbons (Fsp3) is 0.700. The molecule has 5 nitrogen and oxygen atoms in total. The molecule has 0 atom stereocenters. The molecule has 0 unspecified atom stereocenters. The van der Waals surface area contributed by atoms with Crippen LogP contribution < -0.4 is 10.6 Å². The maximum Gasteiger partial charge on any atom is 0.239 e. The summed E-state index contributed by atoms with van der Waals surface area (Å²) in [4.78, 5) is 26.9. The molecule has 0 aliphatic carbocycles. The second-order valence-corrected chi connectivity index (χ2v) is 6.09. The number of amides is 2. The van der Waals surface area contributed by atoms with Gasteiger partial charge in [0.15, 0.2) is 0 Å². The van der Waals surface area contributed by atoms with Gasteiger partial charge in [0.25, 0.3) is 0 Å². The number of hydrogen-bond acceptors (Lipinski definition) is 5. The van der Waals surface area contributed by atoms with Crippen molar-refractivity contribution in [1.29, 1.82) is 0 Å². The van der Waals surface area contributed by atoms with E-state index in [9.17, 15) is 9.59 Å². The van der Waals surface area contributed by atoms with Gasteiger partial charge >= 0.3 is 0 Å². The molecule has 2 N–H and O–H groups in total. The van der Waals surface area contributed by atoms with E-state index in [0.29, 0.717) is 5.75 Å². The van der Waals surface area contributed by atoms with E-state index >= 15 is 0 Å². The largest absolute Gasteiger partial charge is 0.352 e. The molecule has 17 heavy (non-hydrogen) atoms. The standard InChI is InChI=1S/C10H17N3O2S2/c1-7(2)13-8(14)5-12-9(15)6-17-10-11-3-4-16-10/h7H,3-6H2,1-2H3,(H,12,15)(H,13,14). The lowest BCUT2D eigenvalue weighted by molar-refractivity contribution is -0.125. The average molecular weight is 275 g/mol. The zero-order valence-corrected chi connectivity index (χ0v) is 11.6. The van der Waals surface area contributed by atoms with E-state index in [-0.39, 0.29) is 24.4 Å². The smallest absolute Gasteiger partial charge is 0.239 e. The van der Waals surface area contributed by atoms with E-state index in [2.05, 4.69) is 15.6 Å². The third kappa shape index (κ3) is 6.58. The van der Waals surface area contributed by atoms with Crippen molar-refractivity contribution in [2.75, 3.05) is 24.6 Å². The van der Waals surface area contributed by atoms with Crippen LogP contribution in [0.25, 0.3) is 0 Å². The van der Waals surface area contributed by atoms with Crippen LogP contribution in [-0.4, -0.2) is 46.8 Å². The molecule has 1 aliphatic heterocycles. The number of aliphatic imine (C=N–C) groups is 1. The van der Waals surface area contributed by atoms with Crippen LogP contribution in [0.1, 0.15) is 13.8 Å². The first kappa shape index (κ1) is 14.4. The van der Waals surface area contributed by atoms with Crippen LogP contribution in [0.5, 0.6) is 0 Å². The van der Waals surface area contributed by atoms with Gasteiger partial charge in [-0.2, -0.15) is 0 Å². The molecule has 0 saturated carbocycles. The topological polar surface area (TPSA) is 70.6 Å². The maximum atomic E-state index is 11.4. The lowest BCUT2D eigenvalue weighted by Gasteiger charge is -2.09. The minimum absolute atomic E-state index is 0.0389. The molecule has 0 aromatic carbocycles. The Kier molecular flexibility index (Phi) is 6.43. The Morgan fingerprint density at radius 3 is 2.82 bits per heavy atom. The van der Waals surface area contributed by atoms with E-state index in [1.165, 1.54) is 11.8 Å². The van der Waals surface area contributed by atoms with Crippen LogP contribution in [0.15, 0.2) is 4.99 Å². The summed E-state index contributed by atoms with van der Waals surface area (Å²) in [5.74, 6) is 1.02. The first-order valence-electron chi connectivity index (χ1n) is 5.44. The highest BCUT2D eigenvalue weighted by Crippen LogP contribution is 2.21.